The fraction of sp³-hybridized carbons (Fsp3) is 0.0741. The van der Waals surface area contributed by atoms with E-state index in [0.717, 1.165) is 59.6 Å². The van der Waals surface area contributed by atoms with Crippen LogP contribution < -0.4 is 9.47 Å². The summed E-state index contributed by atoms with van der Waals surface area (Å²) in [6.45, 7) is 0. The number of methoxy groups -OCH3 is 2. The van der Waals surface area contributed by atoms with Gasteiger partial charge in [0.15, 0.2) is 0 Å². The molecule has 0 saturated carbocycles. The van der Waals surface area contributed by atoms with Gasteiger partial charge in [0.05, 0.1) is 14.2 Å². The Labute approximate surface area is 380 Å². The average molecular weight is 893 g/mol. The third-order valence-electron chi connectivity index (χ3n) is 11.7. The van der Waals surface area contributed by atoms with Crippen molar-refractivity contribution in [2.24, 2.45) is 0 Å². The molecule has 2 N–H and O–H groups in total. The van der Waals surface area contributed by atoms with Gasteiger partial charge in [0.2, 0.25) is 0 Å². The van der Waals surface area contributed by atoms with Gasteiger partial charge in [-0.1, -0.05) is 180 Å². The summed E-state index contributed by atoms with van der Waals surface area (Å²) < 4.78 is 10.6. The SMILES string of the molecule is COc1ccc(-c2c3cccc(Cl)c3c(-c3ccccc3)c3cccc(Cl)c23)cc1.COc1ccc(C2(O)c3cccc(Cl)c3C(O)(c3ccccc3)c3cccc(Cl)c32)cc1. The first-order valence-corrected chi connectivity index (χ1v) is 21.4. The Kier molecular flexibility index (Phi) is 11.3. The van der Waals surface area contributed by atoms with Crippen molar-refractivity contribution < 1.29 is 19.7 Å². The van der Waals surface area contributed by atoms with Crippen LogP contribution in [0, 0.1) is 0 Å². The van der Waals surface area contributed by atoms with Gasteiger partial charge >= 0.3 is 0 Å². The van der Waals surface area contributed by atoms with Crippen LogP contribution in [0.3, 0.4) is 0 Å². The number of rotatable bonds is 6. The van der Waals surface area contributed by atoms with Gasteiger partial charge in [0, 0.05) is 53.1 Å². The first-order chi connectivity index (χ1) is 30.1. The molecule has 9 aromatic rings. The lowest BCUT2D eigenvalue weighted by Crippen LogP contribution is -2.44. The highest BCUT2D eigenvalue weighted by Gasteiger charge is 2.53. The monoisotopic (exact) mass is 890 g/mol. The highest BCUT2D eigenvalue weighted by atomic mass is 35.5. The minimum absolute atomic E-state index is 0.348. The van der Waals surface area contributed by atoms with Crippen molar-refractivity contribution in [3.63, 3.8) is 0 Å². The van der Waals surface area contributed by atoms with Crippen LogP contribution in [0.1, 0.15) is 33.4 Å². The van der Waals surface area contributed by atoms with Crippen molar-refractivity contribution in [3.8, 4) is 33.8 Å². The number of aliphatic hydroxyl groups is 2. The quantitative estimate of drug-likeness (QED) is 0.163. The van der Waals surface area contributed by atoms with Crippen molar-refractivity contribution >= 4 is 67.9 Å². The fourth-order valence-corrected chi connectivity index (χ4v) is 10.1. The Balaban J connectivity index is 0.000000158. The molecule has 0 fully saturated rings. The van der Waals surface area contributed by atoms with Gasteiger partial charge in [0.25, 0.3) is 0 Å². The summed E-state index contributed by atoms with van der Waals surface area (Å²) in [4.78, 5) is 0. The smallest absolute Gasteiger partial charge is 0.142 e. The molecule has 62 heavy (non-hydrogen) atoms. The minimum Gasteiger partial charge on any atom is -0.497 e. The summed E-state index contributed by atoms with van der Waals surface area (Å²) in [7, 11) is 3.26. The molecule has 2 atom stereocenters. The third-order valence-corrected chi connectivity index (χ3v) is 13.0. The van der Waals surface area contributed by atoms with Crippen LogP contribution in [0.25, 0.3) is 43.8 Å². The van der Waals surface area contributed by atoms with Crippen LogP contribution in [0.15, 0.2) is 182 Å². The van der Waals surface area contributed by atoms with Gasteiger partial charge in [-0.05, 0) is 92.7 Å². The molecule has 0 bridgehead atoms. The van der Waals surface area contributed by atoms with Crippen LogP contribution >= 0.6 is 46.4 Å². The largest absolute Gasteiger partial charge is 0.497 e. The molecule has 10 rings (SSSR count). The molecule has 9 aromatic carbocycles. The van der Waals surface area contributed by atoms with Gasteiger partial charge in [-0.2, -0.15) is 0 Å². The Morgan fingerprint density at radius 2 is 0.742 bits per heavy atom. The van der Waals surface area contributed by atoms with E-state index >= 15 is 0 Å². The second kappa shape index (κ2) is 16.8. The lowest BCUT2D eigenvalue weighted by atomic mass is 9.63. The Morgan fingerprint density at radius 3 is 1.19 bits per heavy atom. The molecule has 4 nitrogen and oxygen atoms in total. The summed E-state index contributed by atoms with van der Waals surface area (Å²) in [5.74, 6) is 1.48. The zero-order valence-electron chi connectivity index (χ0n) is 33.5. The van der Waals surface area contributed by atoms with Crippen molar-refractivity contribution in [3.05, 3.63) is 235 Å². The van der Waals surface area contributed by atoms with E-state index in [2.05, 4.69) is 36.4 Å². The third kappa shape index (κ3) is 6.79. The van der Waals surface area contributed by atoms with E-state index in [0.29, 0.717) is 49.2 Å². The molecule has 1 aliphatic rings. The topological polar surface area (TPSA) is 58.9 Å². The number of hydrogen-bond acceptors (Lipinski definition) is 4. The van der Waals surface area contributed by atoms with E-state index in [4.69, 9.17) is 55.9 Å². The summed E-state index contributed by atoms with van der Waals surface area (Å²) >= 11 is 27.1. The normalized spacial score (nSPS) is 16.5. The van der Waals surface area contributed by atoms with Crippen molar-refractivity contribution in [2.45, 2.75) is 11.2 Å². The molecule has 0 aliphatic heterocycles. The van der Waals surface area contributed by atoms with Crippen molar-refractivity contribution in [2.75, 3.05) is 14.2 Å². The summed E-state index contributed by atoms with van der Waals surface area (Å²) in [6.07, 6.45) is 0. The molecule has 8 heteroatoms. The highest BCUT2D eigenvalue weighted by molar-refractivity contribution is 6.42. The molecule has 0 spiro atoms. The van der Waals surface area contributed by atoms with Gasteiger partial charge < -0.3 is 19.7 Å². The Bertz CT molecular complexity index is 3100. The number of hydrogen-bond donors (Lipinski definition) is 2. The molecule has 306 valence electrons. The predicted molar refractivity (Wildman–Crippen MR) is 255 cm³/mol. The standard InChI is InChI=1S/C27H20Cl2O3.C27H18Cl2O/c1-32-19-15-13-18(14-16-19)27(31)21-10-6-11-22(28)24(21)26(30,17-7-3-2-4-8-17)20-9-5-12-23(29)25(20)27;1-30-19-15-13-18(14-16-19)25-21-10-6-11-22(28)26(21)24(17-7-3-2-4-8-17)20-9-5-12-23(29)27(20)25/h2-16,30-31H,1H3;2-16H,1H3. The maximum Gasteiger partial charge on any atom is 0.142 e. The maximum atomic E-state index is 12.4. The summed E-state index contributed by atoms with van der Waals surface area (Å²) in [5.41, 5.74) is 4.16. The lowest BCUT2D eigenvalue weighted by molar-refractivity contribution is 0.0749. The second-order valence-corrected chi connectivity index (χ2v) is 16.6. The van der Waals surface area contributed by atoms with E-state index in [1.807, 2.05) is 84.9 Å². The molecule has 1 aliphatic carbocycles. The fourth-order valence-electron chi connectivity index (χ4n) is 8.97. The van der Waals surface area contributed by atoms with Crippen LogP contribution in [0.2, 0.25) is 20.1 Å². The predicted octanol–water partition coefficient (Wildman–Crippen LogP) is 14.5. The molecule has 2 unspecified atom stereocenters. The molecule has 0 aromatic heterocycles. The second-order valence-electron chi connectivity index (χ2n) is 15.0. The number of halogens is 4. The Morgan fingerprint density at radius 1 is 0.371 bits per heavy atom. The summed E-state index contributed by atoms with van der Waals surface area (Å²) in [6, 6.07) is 57.6. The molecular formula is C54H38Cl4O4. The molecule has 0 saturated heterocycles. The van der Waals surface area contributed by atoms with E-state index in [1.54, 1.807) is 74.9 Å². The number of fused-ring (bicyclic) bond motifs is 4. The molecule has 0 amide bonds. The highest BCUT2D eigenvalue weighted by Crippen LogP contribution is 2.56. The van der Waals surface area contributed by atoms with Crippen molar-refractivity contribution in [1.82, 2.24) is 0 Å². The first-order valence-electron chi connectivity index (χ1n) is 19.9. The van der Waals surface area contributed by atoms with Crippen LogP contribution in [0.4, 0.5) is 0 Å². The minimum atomic E-state index is -1.64. The number of benzene rings is 9. The van der Waals surface area contributed by atoms with Crippen molar-refractivity contribution in [1.29, 1.82) is 0 Å². The van der Waals surface area contributed by atoms with Gasteiger partial charge in [-0.15, -0.1) is 0 Å². The molecular weight excluding hydrogens is 854 g/mol. The first kappa shape index (κ1) is 41.5. The summed E-state index contributed by atoms with van der Waals surface area (Å²) in [5, 5.41) is 31.1. The van der Waals surface area contributed by atoms with Gasteiger partial charge in [0.1, 0.15) is 22.7 Å². The number of ether oxygens (including phenoxy) is 2. The maximum absolute atomic E-state index is 12.4. The van der Waals surface area contributed by atoms with E-state index in [1.165, 1.54) is 0 Å². The Hall–Kier alpha value is -5.82. The average Bonchev–Trinajstić information content (AvgIpc) is 3.31. The molecule has 0 heterocycles. The van der Waals surface area contributed by atoms with E-state index < -0.39 is 11.2 Å². The zero-order valence-corrected chi connectivity index (χ0v) is 36.6. The van der Waals surface area contributed by atoms with Gasteiger partial charge in [-0.3, -0.25) is 0 Å². The van der Waals surface area contributed by atoms with Crippen LogP contribution in [0.5, 0.6) is 11.5 Å². The molecule has 0 radical (unpaired) electrons. The van der Waals surface area contributed by atoms with Crippen LogP contribution in [-0.2, 0) is 11.2 Å². The van der Waals surface area contributed by atoms with E-state index in [-0.39, 0.29) is 0 Å². The van der Waals surface area contributed by atoms with Gasteiger partial charge in [-0.25, -0.2) is 0 Å². The van der Waals surface area contributed by atoms with E-state index in [9.17, 15) is 10.2 Å². The van der Waals surface area contributed by atoms with Crippen LogP contribution in [-0.4, -0.2) is 24.4 Å². The lowest BCUT2D eigenvalue weighted by Gasteiger charge is -2.46. The zero-order chi connectivity index (χ0) is 43.2.